The fourth-order valence-electron chi connectivity index (χ4n) is 1.48. The first-order chi connectivity index (χ1) is 7.51. The third-order valence-electron chi connectivity index (χ3n) is 2.40. The minimum absolute atomic E-state index is 0.0594. The lowest BCUT2D eigenvalue weighted by molar-refractivity contribution is -0.121. The van der Waals surface area contributed by atoms with Crippen molar-refractivity contribution in [2.24, 2.45) is 0 Å². The van der Waals surface area contributed by atoms with Gasteiger partial charge in [0.15, 0.2) is 0 Å². The number of nitrogens with zero attached hydrogens (tertiary/aromatic N) is 2. The predicted octanol–water partition coefficient (Wildman–Crippen LogP) is 0.0828. The van der Waals surface area contributed by atoms with Crippen molar-refractivity contribution in [1.82, 2.24) is 9.88 Å². The Bertz CT molecular complexity index is 523. The molecule has 0 aliphatic carbocycles. The summed E-state index contributed by atoms with van der Waals surface area (Å²) in [4.78, 5) is 23.1. The van der Waals surface area contributed by atoms with E-state index in [0.717, 1.165) is 0 Å². The molecule has 0 saturated carbocycles. The summed E-state index contributed by atoms with van der Waals surface area (Å²) in [5.41, 5.74) is 0.987. The van der Waals surface area contributed by atoms with Crippen molar-refractivity contribution < 1.29 is 4.79 Å². The summed E-state index contributed by atoms with van der Waals surface area (Å²) in [5.74, 6) is -0.266. The van der Waals surface area contributed by atoms with Crippen LogP contribution in [0.3, 0.4) is 0 Å². The number of hydrogen-bond donors (Lipinski definition) is 1. The summed E-state index contributed by atoms with van der Waals surface area (Å²) in [6, 6.07) is 3.58. The summed E-state index contributed by atoms with van der Waals surface area (Å²) in [5, 5.41) is 11.3. The molecule has 1 amide bonds. The molecule has 1 aromatic heterocycles. The minimum Gasteiger partial charge on any atom is -0.358 e. The summed E-state index contributed by atoms with van der Waals surface area (Å²) in [6.07, 6.45) is 0. The Kier molecular flexibility index (Phi) is 3.46. The predicted molar refractivity (Wildman–Crippen MR) is 59.0 cm³/mol. The first-order valence-corrected chi connectivity index (χ1v) is 4.83. The van der Waals surface area contributed by atoms with Crippen molar-refractivity contribution in [3.05, 3.63) is 33.2 Å². The van der Waals surface area contributed by atoms with Crippen LogP contribution in [0.1, 0.15) is 16.8 Å². The van der Waals surface area contributed by atoms with Crippen LogP contribution in [-0.2, 0) is 11.3 Å². The molecule has 1 N–H and O–H groups in total. The van der Waals surface area contributed by atoms with Gasteiger partial charge in [0.25, 0.3) is 5.56 Å². The van der Waals surface area contributed by atoms with Crippen LogP contribution in [0.4, 0.5) is 0 Å². The molecule has 84 valence electrons. The second-order valence-corrected chi connectivity index (χ2v) is 3.52. The van der Waals surface area contributed by atoms with E-state index in [4.69, 9.17) is 5.26 Å². The molecule has 5 heteroatoms. The van der Waals surface area contributed by atoms with E-state index in [-0.39, 0.29) is 18.0 Å². The van der Waals surface area contributed by atoms with Crippen LogP contribution in [0.2, 0.25) is 0 Å². The van der Waals surface area contributed by atoms with Crippen LogP contribution < -0.4 is 10.9 Å². The summed E-state index contributed by atoms with van der Waals surface area (Å²) >= 11 is 0. The third-order valence-corrected chi connectivity index (χ3v) is 2.40. The lowest BCUT2D eigenvalue weighted by Gasteiger charge is -2.10. The quantitative estimate of drug-likeness (QED) is 0.765. The van der Waals surface area contributed by atoms with Crippen molar-refractivity contribution in [3.63, 3.8) is 0 Å². The van der Waals surface area contributed by atoms with Crippen molar-refractivity contribution in [2.45, 2.75) is 20.4 Å². The zero-order valence-corrected chi connectivity index (χ0v) is 9.50. The maximum atomic E-state index is 11.9. The van der Waals surface area contributed by atoms with Crippen LogP contribution in [-0.4, -0.2) is 17.5 Å². The van der Waals surface area contributed by atoms with E-state index in [2.05, 4.69) is 5.32 Å². The Balaban J connectivity index is 3.36. The monoisotopic (exact) mass is 219 g/mol. The number of aromatic nitrogens is 1. The number of hydrogen-bond acceptors (Lipinski definition) is 3. The molecule has 0 aliphatic heterocycles. The molecule has 5 nitrogen and oxygen atoms in total. The first kappa shape index (κ1) is 12.0. The number of carbonyl (C=O) groups excluding carboxylic acids is 1. The van der Waals surface area contributed by atoms with Crippen molar-refractivity contribution in [2.75, 3.05) is 7.05 Å². The van der Waals surface area contributed by atoms with Gasteiger partial charge in [0, 0.05) is 12.7 Å². The Morgan fingerprint density at radius 3 is 2.69 bits per heavy atom. The van der Waals surface area contributed by atoms with E-state index in [0.29, 0.717) is 11.3 Å². The number of likely N-dealkylation sites (N-methyl/N-ethyl adjacent to an activating group) is 1. The number of pyridine rings is 1. The molecule has 0 saturated heterocycles. The molecule has 0 unspecified atom stereocenters. The topological polar surface area (TPSA) is 74.9 Å². The van der Waals surface area contributed by atoms with E-state index in [1.807, 2.05) is 6.07 Å². The SMILES string of the molecule is CNC(=O)Cn1c(C)cc(C)c(C#N)c1=O. The maximum Gasteiger partial charge on any atom is 0.269 e. The molecule has 1 aromatic rings. The average Bonchev–Trinajstić information content (AvgIpc) is 2.24. The third kappa shape index (κ3) is 2.11. The highest BCUT2D eigenvalue weighted by atomic mass is 16.2. The summed E-state index contributed by atoms with van der Waals surface area (Å²) < 4.78 is 1.30. The van der Waals surface area contributed by atoms with Gasteiger partial charge < -0.3 is 9.88 Å². The number of aryl methyl sites for hydroxylation is 2. The molecule has 0 fully saturated rings. The molecule has 0 spiro atoms. The second kappa shape index (κ2) is 4.62. The molecule has 16 heavy (non-hydrogen) atoms. The van der Waals surface area contributed by atoms with E-state index in [9.17, 15) is 9.59 Å². The molecule has 0 aromatic carbocycles. The molecule has 0 bridgehead atoms. The van der Waals surface area contributed by atoms with Crippen LogP contribution in [0.15, 0.2) is 10.9 Å². The van der Waals surface area contributed by atoms with Gasteiger partial charge in [-0.15, -0.1) is 0 Å². The number of carbonyl (C=O) groups is 1. The number of rotatable bonds is 2. The Labute approximate surface area is 93.3 Å². The Morgan fingerprint density at radius 1 is 1.56 bits per heavy atom. The highest BCUT2D eigenvalue weighted by Gasteiger charge is 2.11. The highest BCUT2D eigenvalue weighted by molar-refractivity contribution is 5.75. The zero-order chi connectivity index (χ0) is 12.3. The normalized spacial score (nSPS) is 9.62. The highest BCUT2D eigenvalue weighted by Crippen LogP contribution is 2.04. The van der Waals surface area contributed by atoms with Gasteiger partial charge in [-0.05, 0) is 25.5 Å². The van der Waals surface area contributed by atoms with Crippen molar-refractivity contribution in [3.8, 4) is 6.07 Å². The Morgan fingerprint density at radius 2 is 2.19 bits per heavy atom. The van der Waals surface area contributed by atoms with Gasteiger partial charge in [0.05, 0.1) is 0 Å². The second-order valence-electron chi connectivity index (χ2n) is 3.52. The molecular weight excluding hydrogens is 206 g/mol. The van der Waals surface area contributed by atoms with Crippen LogP contribution >= 0.6 is 0 Å². The Hall–Kier alpha value is -2.09. The van der Waals surface area contributed by atoms with Gasteiger partial charge in [0.2, 0.25) is 5.91 Å². The van der Waals surface area contributed by atoms with Crippen molar-refractivity contribution >= 4 is 5.91 Å². The van der Waals surface area contributed by atoms with Crippen molar-refractivity contribution in [1.29, 1.82) is 5.26 Å². The smallest absolute Gasteiger partial charge is 0.269 e. The summed E-state index contributed by atoms with van der Waals surface area (Å²) in [6.45, 7) is 3.38. The lowest BCUT2D eigenvalue weighted by Crippen LogP contribution is -2.33. The van der Waals surface area contributed by atoms with Gasteiger partial charge in [-0.25, -0.2) is 0 Å². The van der Waals surface area contributed by atoms with Gasteiger partial charge in [-0.1, -0.05) is 0 Å². The molecular formula is C11H13N3O2. The van der Waals surface area contributed by atoms with Crippen LogP contribution in [0.25, 0.3) is 0 Å². The first-order valence-electron chi connectivity index (χ1n) is 4.83. The van der Waals surface area contributed by atoms with E-state index >= 15 is 0 Å². The summed E-state index contributed by atoms with van der Waals surface area (Å²) in [7, 11) is 1.50. The molecule has 0 radical (unpaired) electrons. The van der Waals surface area contributed by atoms with Crippen LogP contribution in [0.5, 0.6) is 0 Å². The van der Waals surface area contributed by atoms with E-state index in [1.165, 1.54) is 11.6 Å². The fraction of sp³-hybridized carbons (Fsp3) is 0.364. The number of nitrogens with one attached hydrogen (secondary N) is 1. The molecule has 0 atom stereocenters. The minimum atomic E-state index is -0.413. The van der Waals surface area contributed by atoms with Gasteiger partial charge in [-0.2, -0.15) is 5.26 Å². The van der Waals surface area contributed by atoms with Gasteiger partial charge in [-0.3, -0.25) is 9.59 Å². The van der Waals surface area contributed by atoms with Gasteiger partial charge >= 0.3 is 0 Å². The maximum absolute atomic E-state index is 11.9. The fourth-order valence-corrected chi connectivity index (χ4v) is 1.48. The molecule has 0 aliphatic rings. The molecule has 1 heterocycles. The standard InChI is InChI=1S/C11H13N3O2/c1-7-4-8(2)14(6-10(15)13-3)11(16)9(7)5-12/h4H,6H2,1-3H3,(H,13,15). The van der Waals surface area contributed by atoms with Gasteiger partial charge in [0.1, 0.15) is 18.2 Å². The largest absolute Gasteiger partial charge is 0.358 e. The van der Waals surface area contributed by atoms with E-state index < -0.39 is 5.56 Å². The van der Waals surface area contributed by atoms with Crippen LogP contribution in [0, 0.1) is 25.2 Å². The zero-order valence-electron chi connectivity index (χ0n) is 9.50. The lowest BCUT2D eigenvalue weighted by atomic mass is 10.1. The average molecular weight is 219 g/mol. The number of nitriles is 1. The molecule has 1 rings (SSSR count). The van der Waals surface area contributed by atoms with E-state index in [1.54, 1.807) is 19.9 Å². The number of amides is 1.